The molecule has 2 rings (SSSR count). The lowest BCUT2D eigenvalue weighted by molar-refractivity contribution is -0.117. The first kappa shape index (κ1) is 11.7. The number of carbonyl (C=O) groups is 1. The van der Waals surface area contributed by atoms with Gasteiger partial charge >= 0.3 is 0 Å². The van der Waals surface area contributed by atoms with Crippen LogP contribution in [-0.4, -0.2) is 11.9 Å². The minimum atomic E-state index is -0.0238. The Morgan fingerprint density at radius 1 is 1.47 bits per heavy atom. The van der Waals surface area contributed by atoms with Crippen LogP contribution in [0.15, 0.2) is 30.3 Å². The van der Waals surface area contributed by atoms with E-state index in [1.807, 2.05) is 24.3 Å². The summed E-state index contributed by atoms with van der Waals surface area (Å²) in [6, 6.07) is 7.83. The molecule has 1 aromatic rings. The molecule has 0 radical (unpaired) electrons. The second kappa shape index (κ2) is 5.04. The van der Waals surface area contributed by atoms with Gasteiger partial charge in [-0.25, -0.2) is 0 Å². The Balaban J connectivity index is 1.85. The average Bonchev–Trinajstić information content (AvgIpc) is 2.24. The van der Waals surface area contributed by atoms with Crippen LogP contribution in [0.5, 0.6) is 0 Å². The van der Waals surface area contributed by atoms with Crippen LogP contribution in [-0.2, 0) is 4.79 Å². The van der Waals surface area contributed by atoms with Crippen LogP contribution in [0.4, 0.5) is 5.69 Å². The van der Waals surface area contributed by atoms with Crippen molar-refractivity contribution in [2.45, 2.75) is 25.8 Å². The van der Waals surface area contributed by atoms with Gasteiger partial charge in [0.15, 0.2) is 0 Å². The van der Waals surface area contributed by atoms with Gasteiger partial charge in [-0.15, -0.1) is 0 Å². The summed E-state index contributed by atoms with van der Waals surface area (Å²) in [6.07, 6.45) is 5.54. The zero-order valence-electron chi connectivity index (χ0n) is 10.0. The fourth-order valence-corrected chi connectivity index (χ4v) is 2.10. The second-order valence-electron chi connectivity index (χ2n) is 4.79. The van der Waals surface area contributed by atoms with Crippen molar-refractivity contribution in [1.82, 2.24) is 5.32 Å². The lowest BCUT2D eigenvalue weighted by Gasteiger charge is -2.32. The SMILES string of the molecule is CC1CC(NC(=O)/C=C/c2cccc(N)c2)C1. The monoisotopic (exact) mass is 230 g/mol. The van der Waals surface area contributed by atoms with Crippen LogP contribution in [0.3, 0.4) is 0 Å². The molecule has 1 amide bonds. The minimum Gasteiger partial charge on any atom is -0.399 e. The maximum Gasteiger partial charge on any atom is 0.244 e. The molecule has 1 aliphatic carbocycles. The number of benzene rings is 1. The summed E-state index contributed by atoms with van der Waals surface area (Å²) in [4.78, 5) is 11.6. The van der Waals surface area contributed by atoms with E-state index in [4.69, 9.17) is 5.73 Å². The summed E-state index contributed by atoms with van der Waals surface area (Å²) in [5.41, 5.74) is 7.31. The van der Waals surface area contributed by atoms with E-state index < -0.39 is 0 Å². The van der Waals surface area contributed by atoms with Crippen molar-refractivity contribution in [1.29, 1.82) is 0 Å². The number of amides is 1. The average molecular weight is 230 g/mol. The molecule has 3 heteroatoms. The number of carbonyl (C=O) groups excluding carboxylic acids is 1. The molecular weight excluding hydrogens is 212 g/mol. The highest BCUT2D eigenvalue weighted by atomic mass is 16.1. The first-order chi connectivity index (χ1) is 8.13. The van der Waals surface area contributed by atoms with Crippen LogP contribution >= 0.6 is 0 Å². The molecule has 1 aromatic carbocycles. The topological polar surface area (TPSA) is 55.1 Å². The summed E-state index contributed by atoms with van der Waals surface area (Å²) >= 11 is 0. The predicted molar refractivity (Wildman–Crippen MR) is 70.2 cm³/mol. The van der Waals surface area contributed by atoms with E-state index in [2.05, 4.69) is 12.2 Å². The zero-order chi connectivity index (χ0) is 12.3. The number of rotatable bonds is 3. The van der Waals surface area contributed by atoms with Crippen molar-refractivity contribution in [3.05, 3.63) is 35.9 Å². The Kier molecular flexibility index (Phi) is 3.47. The predicted octanol–water partition coefficient (Wildman–Crippen LogP) is 2.20. The molecule has 1 saturated carbocycles. The molecule has 0 unspecified atom stereocenters. The number of hydrogen-bond acceptors (Lipinski definition) is 2. The van der Waals surface area contributed by atoms with Crippen molar-refractivity contribution < 1.29 is 4.79 Å². The normalized spacial score (nSPS) is 23.4. The van der Waals surface area contributed by atoms with Crippen molar-refractivity contribution in [2.75, 3.05) is 5.73 Å². The molecule has 0 saturated heterocycles. The van der Waals surface area contributed by atoms with Gasteiger partial charge in [-0.05, 0) is 42.5 Å². The molecule has 17 heavy (non-hydrogen) atoms. The number of hydrogen-bond donors (Lipinski definition) is 2. The van der Waals surface area contributed by atoms with Crippen molar-refractivity contribution in [3.8, 4) is 0 Å². The Morgan fingerprint density at radius 3 is 2.88 bits per heavy atom. The third-order valence-corrected chi connectivity index (χ3v) is 3.06. The molecule has 0 atom stereocenters. The first-order valence-electron chi connectivity index (χ1n) is 5.97. The van der Waals surface area contributed by atoms with Gasteiger partial charge in [0, 0.05) is 17.8 Å². The van der Waals surface area contributed by atoms with Gasteiger partial charge in [0.1, 0.15) is 0 Å². The van der Waals surface area contributed by atoms with Crippen LogP contribution in [0.2, 0.25) is 0 Å². The molecule has 3 N–H and O–H groups in total. The highest BCUT2D eigenvalue weighted by molar-refractivity contribution is 5.92. The lowest BCUT2D eigenvalue weighted by Crippen LogP contribution is -2.42. The third-order valence-electron chi connectivity index (χ3n) is 3.06. The molecule has 1 aliphatic rings. The molecule has 0 aromatic heterocycles. The number of nitrogens with two attached hydrogens (primary N) is 1. The number of nitrogen functional groups attached to an aromatic ring is 1. The summed E-state index contributed by atoms with van der Waals surface area (Å²) < 4.78 is 0. The van der Waals surface area contributed by atoms with Gasteiger partial charge in [-0.1, -0.05) is 19.1 Å². The Morgan fingerprint density at radius 2 is 2.24 bits per heavy atom. The molecule has 0 heterocycles. The molecule has 3 nitrogen and oxygen atoms in total. The van der Waals surface area contributed by atoms with E-state index in [9.17, 15) is 4.79 Å². The highest BCUT2D eigenvalue weighted by Gasteiger charge is 2.25. The van der Waals surface area contributed by atoms with Gasteiger partial charge < -0.3 is 11.1 Å². The molecule has 90 valence electrons. The third kappa shape index (κ3) is 3.34. The highest BCUT2D eigenvalue weighted by Crippen LogP contribution is 2.26. The van der Waals surface area contributed by atoms with E-state index in [-0.39, 0.29) is 5.91 Å². The molecular formula is C14H18N2O. The number of nitrogens with one attached hydrogen (secondary N) is 1. The Hall–Kier alpha value is -1.77. The molecule has 0 bridgehead atoms. The number of anilines is 1. The Bertz CT molecular complexity index is 434. The minimum absolute atomic E-state index is 0.0238. The molecule has 1 fully saturated rings. The van der Waals surface area contributed by atoms with E-state index in [1.165, 1.54) is 0 Å². The van der Waals surface area contributed by atoms with Crippen LogP contribution < -0.4 is 11.1 Å². The van der Waals surface area contributed by atoms with Crippen molar-refractivity contribution >= 4 is 17.7 Å². The quantitative estimate of drug-likeness (QED) is 0.618. The fourth-order valence-electron chi connectivity index (χ4n) is 2.10. The fraction of sp³-hybridized carbons (Fsp3) is 0.357. The maximum absolute atomic E-state index is 11.6. The second-order valence-corrected chi connectivity index (χ2v) is 4.79. The smallest absolute Gasteiger partial charge is 0.244 e. The first-order valence-corrected chi connectivity index (χ1v) is 5.97. The van der Waals surface area contributed by atoms with E-state index >= 15 is 0 Å². The lowest BCUT2D eigenvalue weighted by atomic mass is 9.82. The van der Waals surface area contributed by atoms with Gasteiger partial charge in [0.2, 0.25) is 5.91 Å². The molecule has 0 aliphatic heterocycles. The van der Waals surface area contributed by atoms with Crippen LogP contribution in [0.1, 0.15) is 25.3 Å². The zero-order valence-corrected chi connectivity index (χ0v) is 10.0. The van der Waals surface area contributed by atoms with E-state index in [1.54, 1.807) is 12.2 Å². The van der Waals surface area contributed by atoms with Crippen molar-refractivity contribution in [2.24, 2.45) is 5.92 Å². The van der Waals surface area contributed by atoms with E-state index in [0.29, 0.717) is 11.7 Å². The standard InChI is InChI=1S/C14H18N2O/c1-10-7-13(8-10)16-14(17)6-5-11-3-2-4-12(15)9-11/h2-6,9-10,13H,7-8,15H2,1H3,(H,16,17)/b6-5+. The summed E-state index contributed by atoms with van der Waals surface area (Å²) in [7, 11) is 0. The van der Waals surface area contributed by atoms with Gasteiger partial charge in [-0.2, -0.15) is 0 Å². The van der Waals surface area contributed by atoms with Gasteiger partial charge in [0.25, 0.3) is 0 Å². The van der Waals surface area contributed by atoms with Gasteiger partial charge in [-0.3, -0.25) is 4.79 Å². The van der Waals surface area contributed by atoms with Crippen LogP contribution in [0.25, 0.3) is 6.08 Å². The van der Waals surface area contributed by atoms with Crippen LogP contribution in [0, 0.1) is 5.92 Å². The maximum atomic E-state index is 11.6. The van der Waals surface area contributed by atoms with E-state index in [0.717, 1.165) is 24.3 Å². The Labute approximate surface area is 102 Å². The molecule has 0 spiro atoms. The summed E-state index contributed by atoms with van der Waals surface area (Å²) in [5, 5.41) is 2.97. The summed E-state index contributed by atoms with van der Waals surface area (Å²) in [6.45, 7) is 2.20. The van der Waals surface area contributed by atoms with Gasteiger partial charge in [0.05, 0.1) is 0 Å². The van der Waals surface area contributed by atoms with Crippen molar-refractivity contribution in [3.63, 3.8) is 0 Å². The largest absolute Gasteiger partial charge is 0.399 e. The summed E-state index contributed by atoms with van der Waals surface area (Å²) in [5.74, 6) is 0.725.